The Labute approximate surface area is 178 Å². The molecule has 0 saturated carbocycles. The molecule has 1 atom stereocenters. The summed E-state index contributed by atoms with van der Waals surface area (Å²) in [6, 6.07) is 8.87. The lowest BCUT2D eigenvalue weighted by Gasteiger charge is -2.36. The zero-order valence-corrected chi connectivity index (χ0v) is 18.0. The van der Waals surface area contributed by atoms with Crippen LogP contribution in [0.2, 0.25) is 0 Å². The maximum atomic E-state index is 13.3. The van der Waals surface area contributed by atoms with Crippen molar-refractivity contribution in [1.29, 1.82) is 0 Å². The highest BCUT2D eigenvalue weighted by Crippen LogP contribution is 2.36. The fourth-order valence-electron chi connectivity index (χ4n) is 4.79. The molecule has 162 valence electrons. The molecule has 0 unspecified atom stereocenters. The Kier molecular flexibility index (Phi) is 6.49. The smallest absolute Gasteiger partial charge is 0.227 e. The SMILES string of the molecule is Cc1nonc1CNC(=O)C1(Cc2cccc([C@@H]3CCCN(C)C3)c2)CCOCC1. The zero-order chi connectivity index (χ0) is 21.0. The number of ether oxygens (including phenoxy) is 1. The maximum Gasteiger partial charge on any atom is 0.227 e. The van der Waals surface area contributed by atoms with Crippen LogP contribution >= 0.6 is 0 Å². The lowest BCUT2D eigenvalue weighted by Crippen LogP contribution is -2.46. The molecule has 2 aliphatic heterocycles. The summed E-state index contributed by atoms with van der Waals surface area (Å²) in [6.45, 7) is 5.69. The summed E-state index contributed by atoms with van der Waals surface area (Å²) in [5.74, 6) is 0.641. The molecule has 7 nitrogen and oxygen atoms in total. The van der Waals surface area contributed by atoms with Gasteiger partial charge in [0.25, 0.3) is 0 Å². The van der Waals surface area contributed by atoms with Gasteiger partial charge in [-0.2, -0.15) is 0 Å². The number of carbonyl (C=O) groups is 1. The predicted molar refractivity (Wildman–Crippen MR) is 113 cm³/mol. The summed E-state index contributed by atoms with van der Waals surface area (Å²) in [5, 5.41) is 10.7. The van der Waals surface area contributed by atoms with E-state index >= 15 is 0 Å². The molecule has 4 rings (SSSR count). The third-order valence-electron chi connectivity index (χ3n) is 6.68. The van der Waals surface area contributed by atoms with Crippen molar-refractivity contribution in [2.24, 2.45) is 5.41 Å². The molecule has 1 aromatic carbocycles. The number of nitrogens with one attached hydrogen (secondary N) is 1. The summed E-state index contributed by atoms with van der Waals surface area (Å²) in [4.78, 5) is 15.7. The Morgan fingerprint density at radius 3 is 2.87 bits per heavy atom. The van der Waals surface area contributed by atoms with Crippen LogP contribution in [0, 0.1) is 12.3 Å². The summed E-state index contributed by atoms with van der Waals surface area (Å²) in [6.07, 6.45) is 4.66. The summed E-state index contributed by atoms with van der Waals surface area (Å²) in [7, 11) is 2.20. The monoisotopic (exact) mass is 412 g/mol. The van der Waals surface area contributed by atoms with Gasteiger partial charge in [0.2, 0.25) is 5.91 Å². The second-order valence-corrected chi connectivity index (χ2v) is 8.89. The highest BCUT2D eigenvalue weighted by Gasteiger charge is 2.40. The first-order chi connectivity index (χ1) is 14.6. The first-order valence-electron chi connectivity index (χ1n) is 11.0. The summed E-state index contributed by atoms with van der Waals surface area (Å²) < 4.78 is 10.3. The quantitative estimate of drug-likeness (QED) is 0.786. The van der Waals surface area contributed by atoms with Crippen molar-refractivity contribution in [3.8, 4) is 0 Å². The van der Waals surface area contributed by atoms with Crippen molar-refractivity contribution in [1.82, 2.24) is 20.5 Å². The third-order valence-corrected chi connectivity index (χ3v) is 6.68. The van der Waals surface area contributed by atoms with Crippen LogP contribution in [0.5, 0.6) is 0 Å². The normalized spacial score (nSPS) is 22.0. The number of carbonyl (C=O) groups excluding carboxylic acids is 1. The van der Waals surface area contributed by atoms with Gasteiger partial charge in [-0.3, -0.25) is 4.79 Å². The number of likely N-dealkylation sites (N-methyl/N-ethyl adjacent to an activating group) is 1. The molecular formula is C23H32N4O3. The van der Waals surface area contributed by atoms with Gasteiger partial charge in [-0.25, -0.2) is 4.63 Å². The van der Waals surface area contributed by atoms with Crippen LogP contribution in [0.25, 0.3) is 0 Å². The molecular weight excluding hydrogens is 380 g/mol. The number of aromatic nitrogens is 2. The van der Waals surface area contributed by atoms with E-state index in [1.807, 2.05) is 6.92 Å². The number of aryl methyl sites for hydroxylation is 1. The Hall–Kier alpha value is -2.25. The van der Waals surface area contributed by atoms with E-state index in [1.54, 1.807) is 0 Å². The summed E-state index contributed by atoms with van der Waals surface area (Å²) >= 11 is 0. The van der Waals surface area contributed by atoms with Gasteiger partial charge in [0, 0.05) is 19.8 Å². The van der Waals surface area contributed by atoms with Crippen molar-refractivity contribution >= 4 is 5.91 Å². The minimum absolute atomic E-state index is 0.0657. The van der Waals surface area contributed by atoms with Crippen LogP contribution < -0.4 is 5.32 Å². The minimum Gasteiger partial charge on any atom is -0.381 e. The van der Waals surface area contributed by atoms with Crippen molar-refractivity contribution in [3.05, 3.63) is 46.8 Å². The van der Waals surface area contributed by atoms with Crippen LogP contribution in [0.1, 0.15) is 54.1 Å². The van der Waals surface area contributed by atoms with Crippen molar-refractivity contribution in [3.63, 3.8) is 0 Å². The zero-order valence-electron chi connectivity index (χ0n) is 18.0. The second-order valence-electron chi connectivity index (χ2n) is 8.89. The average molecular weight is 413 g/mol. The topological polar surface area (TPSA) is 80.5 Å². The number of nitrogens with zero attached hydrogens (tertiary/aromatic N) is 3. The first kappa shape index (κ1) is 21.0. The number of hydrogen-bond donors (Lipinski definition) is 1. The minimum atomic E-state index is -0.453. The molecule has 2 aromatic rings. The van der Waals surface area contributed by atoms with Crippen LogP contribution in [-0.2, 0) is 22.5 Å². The Balaban J connectivity index is 1.49. The average Bonchev–Trinajstić information content (AvgIpc) is 3.17. The van der Waals surface area contributed by atoms with Crippen molar-refractivity contribution in [2.45, 2.75) is 51.5 Å². The molecule has 1 N–H and O–H groups in total. The predicted octanol–water partition coefficient (Wildman–Crippen LogP) is 2.84. The second kappa shape index (κ2) is 9.27. The molecule has 3 heterocycles. The highest BCUT2D eigenvalue weighted by atomic mass is 16.6. The molecule has 30 heavy (non-hydrogen) atoms. The van der Waals surface area contributed by atoms with Crippen molar-refractivity contribution < 1.29 is 14.2 Å². The molecule has 2 saturated heterocycles. The van der Waals surface area contributed by atoms with Crippen LogP contribution in [0.3, 0.4) is 0 Å². The van der Waals surface area contributed by atoms with Crippen LogP contribution in [0.4, 0.5) is 0 Å². The number of rotatable bonds is 6. The highest BCUT2D eigenvalue weighted by molar-refractivity contribution is 5.83. The van der Waals surface area contributed by atoms with E-state index in [0.29, 0.717) is 37.1 Å². The van der Waals surface area contributed by atoms with E-state index in [1.165, 1.54) is 30.5 Å². The first-order valence-corrected chi connectivity index (χ1v) is 11.0. The number of likely N-dealkylation sites (tertiary alicyclic amines) is 1. The molecule has 1 amide bonds. The lowest BCUT2D eigenvalue weighted by molar-refractivity contribution is -0.136. The van der Waals surface area contributed by atoms with Gasteiger partial charge in [0.15, 0.2) is 0 Å². The Bertz CT molecular complexity index is 860. The standard InChI is InChI=1S/C23H32N4O3/c1-17-21(26-30-25-17)15-24-22(28)23(8-11-29-12-9-23)14-18-5-3-6-19(13-18)20-7-4-10-27(2)16-20/h3,5-6,13,20H,4,7-12,14-16H2,1-2H3,(H,24,28)/t20-/m1/s1. The van der Waals surface area contributed by atoms with E-state index in [2.05, 4.69) is 51.8 Å². The largest absolute Gasteiger partial charge is 0.381 e. The van der Waals surface area contributed by atoms with Gasteiger partial charge in [-0.1, -0.05) is 34.6 Å². The molecule has 0 radical (unpaired) electrons. The fourth-order valence-corrected chi connectivity index (χ4v) is 4.79. The molecule has 0 aliphatic carbocycles. The molecule has 0 bridgehead atoms. The lowest BCUT2D eigenvalue weighted by atomic mass is 9.74. The molecule has 2 aliphatic rings. The maximum absolute atomic E-state index is 13.3. The van der Waals surface area contributed by atoms with Gasteiger partial charge in [-0.05, 0) is 69.7 Å². The van der Waals surface area contributed by atoms with Gasteiger partial charge in [-0.15, -0.1) is 0 Å². The Morgan fingerprint density at radius 2 is 2.13 bits per heavy atom. The van der Waals surface area contributed by atoms with Crippen LogP contribution in [-0.4, -0.2) is 54.5 Å². The van der Waals surface area contributed by atoms with Crippen LogP contribution in [0.15, 0.2) is 28.9 Å². The number of piperidine rings is 1. The van der Waals surface area contributed by atoms with Crippen molar-refractivity contribution in [2.75, 3.05) is 33.4 Å². The molecule has 2 fully saturated rings. The van der Waals surface area contributed by atoms with Gasteiger partial charge >= 0.3 is 0 Å². The number of hydrogen-bond acceptors (Lipinski definition) is 6. The van der Waals surface area contributed by atoms with E-state index in [4.69, 9.17) is 9.37 Å². The van der Waals surface area contributed by atoms with E-state index in [-0.39, 0.29) is 5.91 Å². The number of amides is 1. The molecule has 7 heteroatoms. The van der Waals surface area contributed by atoms with E-state index in [9.17, 15) is 4.79 Å². The van der Waals surface area contributed by atoms with E-state index in [0.717, 1.165) is 25.8 Å². The van der Waals surface area contributed by atoms with Gasteiger partial charge < -0.3 is 15.0 Å². The van der Waals surface area contributed by atoms with Gasteiger partial charge in [0.1, 0.15) is 11.4 Å². The van der Waals surface area contributed by atoms with E-state index < -0.39 is 5.41 Å². The Morgan fingerprint density at radius 1 is 1.30 bits per heavy atom. The van der Waals surface area contributed by atoms with Gasteiger partial charge in [0.05, 0.1) is 12.0 Å². The molecule has 0 spiro atoms. The fraction of sp³-hybridized carbons (Fsp3) is 0.609. The number of benzene rings is 1. The molecule has 1 aromatic heterocycles. The third kappa shape index (κ3) is 4.73. The summed E-state index contributed by atoms with van der Waals surface area (Å²) in [5.41, 5.74) is 3.56.